The number of hydrogen-bond donors (Lipinski definition) is 2. The van der Waals surface area contributed by atoms with Crippen molar-refractivity contribution < 1.29 is 27.4 Å². The number of ether oxygens (including phenoxy) is 1. The van der Waals surface area contributed by atoms with Gasteiger partial charge in [0.1, 0.15) is 0 Å². The summed E-state index contributed by atoms with van der Waals surface area (Å²) < 4.78 is 59.1. The molecule has 148 valence electrons. The van der Waals surface area contributed by atoms with Crippen molar-refractivity contribution >= 4 is 0 Å². The minimum Gasteiger partial charge on any atom is -0.385 e. The normalized spacial score (nSPS) is 26.3. The van der Waals surface area contributed by atoms with Crippen LogP contribution in [0.3, 0.4) is 0 Å². The minimum absolute atomic E-state index is 0.120. The number of piperidine rings is 1. The molecule has 3 atom stereocenters. The van der Waals surface area contributed by atoms with Gasteiger partial charge in [-0.15, -0.1) is 0 Å². The van der Waals surface area contributed by atoms with Gasteiger partial charge in [-0.25, -0.2) is 4.39 Å². The average molecular weight is 387 g/mol. The topological polar surface area (TPSA) is 59.3 Å². The molecule has 5 nitrogen and oxygen atoms in total. The van der Waals surface area contributed by atoms with Crippen LogP contribution in [0.1, 0.15) is 35.6 Å². The molecule has 1 saturated heterocycles. The fraction of sp³-hybridized carbons (Fsp3) is 0.500. The summed E-state index contributed by atoms with van der Waals surface area (Å²) in [6, 6.07) is 3.71. The van der Waals surface area contributed by atoms with Crippen molar-refractivity contribution in [1.82, 2.24) is 15.1 Å². The van der Waals surface area contributed by atoms with Crippen LogP contribution in [0.15, 0.2) is 36.7 Å². The van der Waals surface area contributed by atoms with E-state index in [1.807, 2.05) is 0 Å². The summed E-state index contributed by atoms with van der Waals surface area (Å²) in [7, 11) is 1.57. The first-order chi connectivity index (χ1) is 12.7. The van der Waals surface area contributed by atoms with Crippen LogP contribution in [-0.2, 0) is 23.1 Å². The summed E-state index contributed by atoms with van der Waals surface area (Å²) in [6.45, 7) is 1.01. The molecule has 1 unspecified atom stereocenters. The quantitative estimate of drug-likeness (QED) is 0.611. The van der Waals surface area contributed by atoms with Gasteiger partial charge in [0, 0.05) is 37.8 Å². The highest BCUT2D eigenvalue weighted by Crippen LogP contribution is 2.41. The first-order valence-electron chi connectivity index (χ1n) is 8.53. The Kier molecular flexibility index (Phi) is 5.55. The van der Waals surface area contributed by atoms with Gasteiger partial charge in [0.2, 0.25) is 0 Å². The van der Waals surface area contributed by atoms with Crippen LogP contribution in [0.4, 0.5) is 17.6 Å². The van der Waals surface area contributed by atoms with E-state index in [2.05, 4.69) is 10.4 Å². The second-order valence-electron chi connectivity index (χ2n) is 6.73. The molecule has 2 N–H and O–H groups in total. The first-order valence-corrected chi connectivity index (χ1v) is 8.53. The molecule has 1 aromatic heterocycles. The molecule has 1 aliphatic rings. The summed E-state index contributed by atoms with van der Waals surface area (Å²) >= 11 is 0. The fourth-order valence-electron chi connectivity index (χ4n) is 3.34. The Morgan fingerprint density at radius 3 is 2.63 bits per heavy atom. The number of rotatable bonds is 5. The van der Waals surface area contributed by atoms with E-state index in [-0.39, 0.29) is 18.4 Å². The van der Waals surface area contributed by atoms with E-state index in [1.165, 1.54) is 12.1 Å². The number of nitrogens with one attached hydrogen (secondary N) is 1. The Morgan fingerprint density at radius 2 is 2.00 bits per heavy atom. The highest BCUT2D eigenvalue weighted by molar-refractivity contribution is 5.30. The number of hydrogen-bond acceptors (Lipinski definition) is 4. The second kappa shape index (κ2) is 7.57. The van der Waals surface area contributed by atoms with Crippen molar-refractivity contribution in [2.45, 2.75) is 43.5 Å². The lowest BCUT2D eigenvalue weighted by Gasteiger charge is -2.39. The van der Waals surface area contributed by atoms with Crippen molar-refractivity contribution in [3.8, 4) is 0 Å². The molecule has 2 aromatic rings. The van der Waals surface area contributed by atoms with Crippen molar-refractivity contribution in [2.75, 3.05) is 13.7 Å². The van der Waals surface area contributed by atoms with Crippen LogP contribution >= 0.6 is 0 Å². The molecule has 3 rings (SSSR count). The molecule has 2 heterocycles. The van der Waals surface area contributed by atoms with Crippen LogP contribution in [0.25, 0.3) is 0 Å². The lowest BCUT2D eigenvalue weighted by molar-refractivity contribution is -0.137. The Labute approximate surface area is 153 Å². The highest BCUT2D eigenvalue weighted by atomic mass is 19.4. The van der Waals surface area contributed by atoms with Gasteiger partial charge in [-0.3, -0.25) is 10.00 Å². The molecule has 1 aliphatic heterocycles. The average Bonchev–Trinajstić information content (AvgIpc) is 3.07. The minimum atomic E-state index is -4.46. The molecular weight excluding hydrogens is 366 g/mol. The van der Waals surface area contributed by atoms with Crippen molar-refractivity contribution in [3.63, 3.8) is 0 Å². The molecule has 0 aliphatic carbocycles. The molecule has 0 bridgehead atoms. The van der Waals surface area contributed by atoms with Gasteiger partial charge in [-0.2, -0.15) is 18.3 Å². The van der Waals surface area contributed by atoms with Crippen LogP contribution in [0, 0.1) is 0 Å². The zero-order valence-electron chi connectivity index (χ0n) is 14.7. The zero-order chi connectivity index (χ0) is 19.7. The van der Waals surface area contributed by atoms with E-state index in [0.29, 0.717) is 18.7 Å². The molecule has 0 amide bonds. The van der Waals surface area contributed by atoms with Gasteiger partial charge in [0.25, 0.3) is 0 Å². The van der Waals surface area contributed by atoms with Crippen LogP contribution in [0.2, 0.25) is 0 Å². The van der Waals surface area contributed by atoms with Gasteiger partial charge < -0.3 is 9.84 Å². The lowest BCUT2D eigenvalue weighted by atomic mass is 9.79. The third kappa shape index (κ3) is 4.48. The summed E-state index contributed by atoms with van der Waals surface area (Å²) in [5.74, 6) is 0. The molecule has 27 heavy (non-hydrogen) atoms. The molecule has 1 fully saturated rings. The third-order valence-corrected chi connectivity index (χ3v) is 4.77. The monoisotopic (exact) mass is 387 g/mol. The van der Waals surface area contributed by atoms with E-state index in [1.54, 1.807) is 24.2 Å². The summed E-state index contributed by atoms with van der Waals surface area (Å²) in [4.78, 5) is 0. The third-order valence-electron chi connectivity index (χ3n) is 4.77. The smallest absolute Gasteiger partial charge is 0.385 e. The molecule has 0 radical (unpaired) electrons. The van der Waals surface area contributed by atoms with E-state index in [9.17, 15) is 22.7 Å². The van der Waals surface area contributed by atoms with Crippen LogP contribution in [-0.4, -0.2) is 34.9 Å². The number of benzene rings is 1. The maximum Gasteiger partial charge on any atom is 0.416 e. The van der Waals surface area contributed by atoms with Gasteiger partial charge in [-0.05, 0) is 17.7 Å². The van der Waals surface area contributed by atoms with Crippen molar-refractivity contribution in [1.29, 1.82) is 0 Å². The second-order valence-corrected chi connectivity index (χ2v) is 6.73. The number of aromatic nitrogens is 2. The summed E-state index contributed by atoms with van der Waals surface area (Å²) in [5.41, 5.74) is -1.43. The van der Waals surface area contributed by atoms with E-state index >= 15 is 0 Å². The maximum atomic E-state index is 14.3. The molecule has 0 saturated carbocycles. The first kappa shape index (κ1) is 19.8. The SMILES string of the molecule is COCCn1cc([C@@H]2CC(O)(c3ccc(C(F)(F)F)cc3)C[C@H](F)N2)cn1. The number of methoxy groups -OCH3 is 1. The number of aliphatic hydroxyl groups is 1. The highest BCUT2D eigenvalue weighted by Gasteiger charge is 2.42. The Balaban J connectivity index is 1.80. The fourth-order valence-corrected chi connectivity index (χ4v) is 3.34. The Bertz CT molecular complexity index is 763. The summed E-state index contributed by atoms with van der Waals surface area (Å²) in [5, 5.41) is 17.9. The van der Waals surface area contributed by atoms with Gasteiger partial charge in [0.15, 0.2) is 6.30 Å². The van der Waals surface area contributed by atoms with Crippen molar-refractivity contribution in [2.24, 2.45) is 0 Å². The van der Waals surface area contributed by atoms with E-state index < -0.39 is 29.7 Å². The number of alkyl halides is 4. The largest absolute Gasteiger partial charge is 0.416 e. The molecule has 1 aromatic carbocycles. The number of nitrogens with zero attached hydrogens (tertiary/aromatic N) is 2. The van der Waals surface area contributed by atoms with Crippen LogP contribution in [0.5, 0.6) is 0 Å². The molecule has 0 spiro atoms. The number of halogens is 4. The standard InChI is InChI=1S/C18H21F4N3O2/c1-27-7-6-25-11-12(10-23-25)15-8-17(26,9-16(19)24-15)13-2-4-14(5-3-13)18(20,21)22/h2-5,10-11,15-16,24,26H,6-9H2,1H3/t15-,16+,17?/m0/s1. The summed E-state index contributed by atoms with van der Waals surface area (Å²) in [6.07, 6.45) is -2.77. The molecule has 9 heteroatoms. The van der Waals surface area contributed by atoms with E-state index in [0.717, 1.165) is 12.1 Å². The van der Waals surface area contributed by atoms with Crippen LogP contribution < -0.4 is 5.32 Å². The van der Waals surface area contributed by atoms with Gasteiger partial charge >= 0.3 is 6.18 Å². The lowest BCUT2D eigenvalue weighted by Crippen LogP contribution is -2.46. The van der Waals surface area contributed by atoms with Crippen molar-refractivity contribution in [3.05, 3.63) is 53.3 Å². The van der Waals surface area contributed by atoms with Gasteiger partial charge in [-0.1, -0.05) is 12.1 Å². The van der Waals surface area contributed by atoms with Gasteiger partial charge in [0.05, 0.1) is 30.5 Å². The molecular formula is C18H21F4N3O2. The maximum absolute atomic E-state index is 14.3. The zero-order valence-corrected chi connectivity index (χ0v) is 14.7. The predicted octanol–water partition coefficient (Wildman–Crippen LogP) is 3.16. The Morgan fingerprint density at radius 1 is 1.30 bits per heavy atom. The Hall–Kier alpha value is -1.97. The van der Waals surface area contributed by atoms with E-state index in [4.69, 9.17) is 4.74 Å². The predicted molar refractivity (Wildman–Crippen MR) is 89.5 cm³/mol.